The second kappa shape index (κ2) is 9.23. The molecule has 1 amide bonds. The lowest BCUT2D eigenvalue weighted by Crippen LogP contribution is -2.39. The number of carbonyl (C=O) groups excluding carboxylic acids is 1. The summed E-state index contributed by atoms with van der Waals surface area (Å²) in [7, 11) is 0. The van der Waals surface area contributed by atoms with Crippen LogP contribution < -0.4 is 10.1 Å². The van der Waals surface area contributed by atoms with Crippen LogP contribution in [0.4, 0.5) is 0 Å². The van der Waals surface area contributed by atoms with Crippen molar-refractivity contribution in [1.82, 2.24) is 10.2 Å². The topological polar surface area (TPSA) is 41.6 Å². The van der Waals surface area contributed by atoms with Gasteiger partial charge >= 0.3 is 0 Å². The van der Waals surface area contributed by atoms with Crippen molar-refractivity contribution in [2.75, 3.05) is 26.2 Å². The van der Waals surface area contributed by atoms with Crippen LogP contribution in [0, 0.1) is 0 Å². The van der Waals surface area contributed by atoms with Gasteiger partial charge in [-0.15, -0.1) is 0 Å². The van der Waals surface area contributed by atoms with Crippen LogP contribution in [-0.4, -0.2) is 43.1 Å². The predicted molar refractivity (Wildman–Crippen MR) is 101 cm³/mol. The molecule has 1 aliphatic carbocycles. The third-order valence-corrected chi connectivity index (χ3v) is 5.41. The number of nitrogens with zero attached hydrogens (tertiary/aromatic N) is 1. The van der Waals surface area contributed by atoms with E-state index in [0.29, 0.717) is 6.42 Å². The Bertz CT molecular complexity index is 567. The van der Waals surface area contributed by atoms with Crippen LogP contribution in [0.5, 0.6) is 5.75 Å². The fourth-order valence-electron chi connectivity index (χ4n) is 3.90. The molecule has 1 aromatic rings. The zero-order valence-electron chi connectivity index (χ0n) is 15.6. The molecule has 0 unspecified atom stereocenters. The molecular formula is C21H32N2O2. The highest BCUT2D eigenvalue weighted by molar-refractivity contribution is 5.81. The van der Waals surface area contributed by atoms with E-state index in [1.54, 1.807) is 0 Å². The van der Waals surface area contributed by atoms with E-state index in [1.807, 2.05) is 13.0 Å². The van der Waals surface area contributed by atoms with Gasteiger partial charge in [-0.2, -0.15) is 0 Å². The summed E-state index contributed by atoms with van der Waals surface area (Å²) in [5.41, 5.74) is 2.84. The number of hydrogen-bond acceptors (Lipinski definition) is 3. The van der Waals surface area contributed by atoms with Crippen molar-refractivity contribution in [3.05, 3.63) is 29.3 Å². The molecule has 0 bridgehead atoms. The smallest absolute Gasteiger partial charge is 0.261 e. The number of likely N-dealkylation sites (tertiary alicyclic amines) is 1. The molecule has 1 atom stereocenters. The summed E-state index contributed by atoms with van der Waals surface area (Å²) in [4.78, 5) is 14.9. The van der Waals surface area contributed by atoms with Crippen LogP contribution >= 0.6 is 0 Å². The summed E-state index contributed by atoms with van der Waals surface area (Å²) >= 11 is 0. The van der Waals surface area contributed by atoms with Crippen molar-refractivity contribution in [3.8, 4) is 5.75 Å². The molecule has 3 rings (SSSR count). The molecular weight excluding hydrogens is 312 g/mol. The Morgan fingerprint density at radius 3 is 2.68 bits per heavy atom. The molecule has 4 heteroatoms. The van der Waals surface area contributed by atoms with Crippen molar-refractivity contribution < 1.29 is 9.53 Å². The van der Waals surface area contributed by atoms with E-state index in [9.17, 15) is 4.79 Å². The minimum absolute atomic E-state index is 0.0154. The SMILES string of the molecule is CC[C@H](Oc1ccc2c(c1)CCCC2)C(=O)NCCCN1CCCC1. The van der Waals surface area contributed by atoms with Gasteiger partial charge in [0.25, 0.3) is 5.91 Å². The van der Waals surface area contributed by atoms with Crippen molar-refractivity contribution in [2.24, 2.45) is 0 Å². The first kappa shape index (κ1) is 18.2. The van der Waals surface area contributed by atoms with Gasteiger partial charge in [-0.1, -0.05) is 13.0 Å². The molecule has 0 spiro atoms. The average molecular weight is 344 g/mol. The number of hydrogen-bond donors (Lipinski definition) is 1. The number of nitrogens with one attached hydrogen (secondary N) is 1. The van der Waals surface area contributed by atoms with Gasteiger partial charge in [-0.3, -0.25) is 4.79 Å². The maximum absolute atomic E-state index is 12.4. The number of fused-ring (bicyclic) bond motifs is 1. The maximum Gasteiger partial charge on any atom is 0.261 e. The minimum Gasteiger partial charge on any atom is -0.481 e. The number of amides is 1. The Morgan fingerprint density at radius 2 is 1.92 bits per heavy atom. The van der Waals surface area contributed by atoms with Crippen LogP contribution in [-0.2, 0) is 17.6 Å². The number of rotatable bonds is 8. The first-order chi connectivity index (χ1) is 12.3. The van der Waals surface area contributed by atoms with E-state index >= 15 is 0 Å². The van der Waals surface area contributed by atoms with E-state index in [0.717, 1.165) is 31.7 Å². The van der Waals surface area contributed by atoms with Crippen LogP contribution in [0.3, 0.4) is 0 Å². The maximum atomic E-state index is 12.4. The van der Waals surface area contributed by atoms with Gasteiger partial charge in [-0.05, 0) is 94.3 Å². The highest BCUT2D eigenvalue weighted by Gasteiger charge is 2.19. The molecule has 25 heavy (non-hydrogen) atoms. The lowest BCUT2D eigenvalue weighted by molar-refractivity contribution is -0.128. The van der Waals surface area contributed by atoms with E-state index in [-0.39, 0.29) is 5.91 Å². The zero-order chi connectivity index (χ0) is 17.5. The molecule has 1 N–H and O–H groups in total. The summed E-state index contributed by atoms with van der Waals surface area (Å²) in [6.07, 6.45) is 8.79. The number of aryl methyl sites for hydroxylation is 2. The Kier molecular flexibility index (Phi) is 6.74. The van der Waals surface area contributed by atoms with Gasteiger partial charge in [0, 0.05) is 6.54 Å². The standard InChI is InChI=1S/C21H32N2O2/c1-2-20(21(24)22-12-7-15-23-13-5-6-14-23)25-19-11-10-17-8-3-4-9-18(17)16-19/h10-11,16,20H,2-9,12-15H2,1H3,(H,22,24)/t20-/m0/s1. The van der Waals surface area contributed by atoms with Crippen molar-refractivity contribution in [3.63, 3.8) is 0 Å². The Balaban J connectivity index is 1.45. The van der Waals surface area contributed by atoms with Crippen LogP contribution in [0.15, 0.2) is 18.2 Å². The quantitative estimate of drug-likeness (QED) is 0.736. The molecule has 1 aromatic carbocycles. The molecule has 0 radical (unpaired) electrons. The van der Waals surface area contributed by atoms with Crippen LogP contribution in [0.25, 0.3) is 0 Å². The first-order valence-electron chi connectivity index (χ1n) is 10.0. The molecule has 2 aliphatic rings. The molecule has 4 nitrogen and oxygen atoms in total. The highest BCUT2D eigenvalue weighted by atomic mass is 16.5. The average Bonchev–Trinajstić information content (AvgIpc) is 3.16. The fraction of sp³-hybridized carbons (Fsp3) is 0.667. The molecule has 1 saturated heterocycles. The van der Waals surface area contributed by atoms with Crippen molar-refractivity contribution in [1.29, 1.82) is 0 Å². The minimum atomic E-state index is -0.395. The molecule has 1 heterocycles. The molecule has 0 aromatic heterocycles. The van der Waals surface area contributed by atoms with Gasteiger partial charge in [0.1, 0.15) is 5.75 Å². The Morgan fingerprint density at radius 1 is 1.16 bits per heavy atom. The Labute approximate surface area is 151 Å². The molecule has 1 fully saturated rings. The van der Waals surface area contributed by atoms with Crippen molar-refractivity contribution in [2.45, 2.75) is 64.4 Å². The lowest BCUT2D eigenvalue weighted by Gasteiger charge is -2.21. The second-order valence-corrected chi connectivity index (χ2v) is 7.35. The fourth-order valence-corrected chi connectivity index (χ4v) is 3.90. The lowest BCUT2D eigenvalue weighted by atomic mass is 9.92. The van der Waals surface area contributed by atoms with Gasteiger partial charge in [-0.25, -0.2) is 0 Å². The van der Waals surface area contributed by atoms with E-state index in [2.05, 4.69) is 22.3 Å². The summed E-state index contributed by atoms with van der Waals surface area (Å²) in [6.45, 7) is 6.26. The van der Waals surface area contributed by atoms with Gasteiger partial charge in [0.05, 0.1) is 0 Å². The second-order valence-electron chi connectivity index (χ2n) is 7.35. The van der Waals surface area contributed by atoms with Gasteiger partial charge < -0.3 is 15.0 Å². The highest BCUT2D eigenvalue weighted by Crippen LogP contribution is 2.26. The number of carbonyl (C=O) groups is 1. The zero-order valence-corrected chi connectivity index (χ0v) is 15.6. The number of benzene rings is 1. The van der Waals surface area contributed by atoms with Crippen LogP contribution in [0.1, 0.15) is 56.6 Å². The monoisotopic (exact) mass is 344 g/mol. The summed E-state index contributed by atoms with van der Waals surface area (Å²) in [5, 5.41) is 3.05. The van der Waals surface area contributed by atoms with Gasteiger partial charge in [0.2, 0.25) is 0 Å². The number of ether oxygens (including phenoxy) is 1. The van der Waals surface area contributed by atoms with E-state index in [4.69, 9.17) is 4.74 Å². The van der Waals surface area contributed by atoms with Crippen LogP contribution in [0.2, 0.25) is 0 Å². The van der Waals surface area contributed by atoms with E-state index in [1.165, 1.54) is 56.3 Å². The largest absolute Gasteiger partial charge is 0.481 e. The Hall–Kier alpha value is -1.55. The van der Waals surface area contributed by atoms with Crippen molar-refractivity contribution >= 4 is 5.91 Å². The summed E-state index contributed by atoms with van der Waals surface area (Å²) in [6, 6.07) is 6.33. The molecule has 1 aliphatic heterocycles. The normalized spacial score (nSPS) is 18.6. The third kappa shape index (κ3) is 5.21. The molecule has 138 valence electrons. The summed E-state index contributed by atoms with van der Waals surface area (Å²) < 4.78 is 6.00. The van der Waals surface area contributed by atoms with Gasteiger partial charge in [0.15, 0.2) is 6.10 Å². The molecule has 0 saturated carbocycles. The van der Waals surface area contributed by atoms with E-state index < -0.39 is 6.10 Å². The first-order valence-corrected chi connectivity index (χ1v) is 10.0. The predicted octanol–water partition coefficient (Wildman–Crippen LogP) is 3.32. The summed E-state index contributed by atoms with van der Waals surface area (Å²) in [5.74, 6) is 0.848. The third-order valence-electron chi connectivity index (χ3n) is 5.41.